The predicted molar refractivity (Wildman–Crippen MR) is 127 cm³/mol. The standard InChI is InChI=1S/C24H20N4O5S/c1-13-18-19(20(34-13)22(29)31-2)28(23(25-18)32-3)12-14-8-10-15(11-9-14)16-6-4-5-7-17(16)21-26-24(30)33-27-21/h4-11H,12H2,1-3H3,(H,26,27,30). The average Bonchev–Trinajstić information content (AvgIpc) is 3.54. The number of carbonyl (C=O) groups excluding carboxylic acids is 1. The van der Waals surface area contributed by atoms with Crippen LogP contribution in [-0.4, -0.2) is 39.9 Å². The second kappa shape index (κ2) is 8.64. The lowest BCUT2D eigenvalue weighted by Gasteiger charge is -2.11. The molecule has 2 aromatic carbocycles. The predicted octanol–water partition coefficient (Wildman–Crippen LogP) is 4.26. The van der Waals surface area contributed by atoms with E-state index in [1.165, 1.54) is 18.4 Å². The van der Waals surface area contributed by atoms with Crippen molar-refractivity contribution < 1.29 is 18.8 Å². The Hall–Kier alpha value is -4.18. The third-order valence-electron chi connectivity index (χ3n) is 5.52. The molecule has 0 saturated heterocycles. The first kappa shape index (κ1) is 21.7. The number of imidazole rings is 1. The Kier molecular flexibility index (Phi) is 5.50. The van der Waals surface area contributed by atoms with E-state index in [2.05, 4.69) is 19.6 Å². The Morgan fingerprint density at radius 2 is 1.85 bits per heavy atom. The van der Waals surface area contributed by atoms with Gasteiger partial charge in [-0.15, -0.1) is 11.3 Å². The molecule has 34 heavy (non-hydrogen) atoms. The lowest BCUT2D eigenvalue weighted by atomic mass is 9.98. The van der Waals surface area contributed by atoms with Crippen LogP contribution in [0.15, 0.2) is 57.8 Å². The van der Waals surface area contributed by atoms with E-state index in [0.29, 0.717) is 28.8 Å². The van der Waals surface area contributed by atoms with Crippen LogP contribution in [0.2, 0.25) is 0 Å². The Morgan fingerprint density at radius 1 is 1.12 bits per heavy atom. The molecule has 9 nitrogen and oxygen atoms in total. The van der Waals surface area contributed by atoms with Crippen molar-refractivity contribution in [2.24, 2.45) is 0 Å². The van der Waals surface area contributed by atoms with Gasteiger partial charge in [0.1, 0.15) is 10.4 Å². The molecule has 10 heteroatoms. The van der Waals surface area contributed by atoms with Crippen LogP contribution in [0.5, 0.6) is 6.01 Å². The Balaban J connectivity index is 1.52. The first-order valence-electron chi connectivity index (χ1n) is 10.4. The van der Waals surface area contributed by atoms with E-state index >= 15 is 0 Å². The van der Waals surface area contributed by atoms with Gasteiger partial charge in [0, 0.05) is 10.4 Å². The molecule has 0 atom stereocenters. The number of esters is 1. The maximum absolute atomic E-state index is 12.4. The van der Waals surface area contributed by atoms with Gasteiger partial charge in [0.25, 0.3) is 6.01 Å². The van der Waals surface area contributed by atoms with Gasteiger partial charge in [-0.1, -0.05) is 53.7 Å². The summed E-state index contributed by atoms with van der Waals surface area (Å²) in [4.78, 5) is 32.4. The molecule has 0 aliphatic heterocycles. The minimum absolute atomic E-state index is 0.374. The number of ether oxygens (including phenoxy) is 2. The molecule has 0 amide bonds. The molecule has 0 spiro atoms. The fraction of sp³-hybridized carbons (Fsp3) is 0.167. The van der Waals surface area contributed by atoms with Gasteiger partial charge in [-0.25, -0.2) is 9.59 Å². The summed E-state index contributed by atoms with van der Waals surface area (Å²) in [5.41, 5.74) is 5.05. The number of carbonyl (C=O) groups is 1. The molecule has 3 heterocycles. The van der Waals surface area contributed by atoms with E-state index in [-0.39, 0.29) is 0 Å². The van der Waals surface area contributed by atoms with E-state index in [9.17, 15) is 9.59 Å². The van der Waals surface area contributed by atoms with Crippen LogP contribution in [-0.2, 0) is 11.3 Å². The van der Waals surface area contributed by atoms with E-state index < -0.39 is 11.7 Å². The number of H-pyrrole nitrogens is 1. The number of hydrogen-bond donors (Lipinski definition) is 1. The van der Waals surface area contributed by atoms with Gasteiger partial charge in [-0.3, -0.25) is 14.1 Å². The van der Waals surface area contributed by atoms with Crippen LogP contribution < -0.4 is 10.5 Å². The van der Waals surface area contributed by atoms with E-state index in [1.54, 1.807) is 7.11 Å². The number of nitrogens with one attached hydrogen (secondary N) is 1. The number of nitrogens with zero attached hydrogens (tertiary/aromatic N) is 3. The second-order valence-electron chi connectivity index (χ2n) is 7.55. The van der Waals surface area contributed by atoms with Gasteiger partial charge in [0.2, 0.25) is 0 Å². The van der Waals surface area contributed by atoms with Crippen LogP contribution in [0.4, 0.5) is 0 Å². The lowest BCUT2D eigenvalue weighted by molar-refractivity contribution is 0.0608. The number of thiophene rings is 1. The van der Waals surface area contributed by atoms with Crippen molar-refractivity contribution in [2.75, 3.05) is 14.2 Å². The van der Waals surface area contributed by atoms with Gasteiger partial charge in [-0.2, -0.15) is 4.98 Å². The van der Waals surface area contributed by atoms with Crippen LogP contribution in [0.3, 0.4) is 0 Å². The molecule has 1 N–H and O–H groups in total. The number of aryl methyl sites for hydroxylation is 1. The van der Waals surface area contributed by atoms with E-state index in [4.69, 9.17) is 9.47 Å². The smallest absolute Gasteiger partial charge is 0.439 e. The summed E-state index contributed by atoms with van der Waals surface area (Å²) in [5.74, 6) is -0.626. The molecular formula is C24H20N4O5S. The van der Waals surface area contributed by atoms with Crippen molar-refractivity contribution in [2.45, 2.75) is 13.5 Å². The molecule has 0 unspecified atom stereocenters. The summed E-state index contributed by atoms with van der Waals surface area (Å²) < 4.78 is 17.0. The normalized spacial score (nSPS) is 11.1. The lowest BCUT2D eigenvalue weighted by Crippen LogP contribution is -2.06. The summed E-state index contributed by atoms with van der Waals surface area (Å²) in [7, 11) is 2.93. The fourth-order valence-electron chi connectivity index (χ4n) is 3.95. The zero-order valence-electron chi connectivity index (χ0n) is 18.6. The number of methoxy groups -OCH3 is 2. The number of rotatable bonds is 6. The molecule has 172 valence electrons. The third kappa shape index (κ3) is 3.67. The van der Waals surface area contributed by atoms with Crippen molar-refractivity contribution in [3.63, 3.8) is 0 Å². The Morgan fingerprint density at radius 3 is 2.50 bits per heavy atom. The first-order chi connectivity index (χ1) is 16.5. The monoisotopic (exact) mass is 476 g/mol. The van der Waals surface area contributed by atoms with E-state index in [0.717, 1.165) is 32.6 Å². The molecule has 0 aliphatic rings. The number of aromatic nitrogens is 4. The summed E-state index contributed by atoms with van der Waals surface area (Å²) in [6.07, 6.45) is 0. The SMILES string of the molecule is COC(=O)c1sc(C)c2nc(OC)n(Cc3ccc(-c4ccccc4-c4noc(=O)[nH]4)cc3)c12. The Bertz CT molecular complexity index is 1560. The van der Waals surface area contributed by atoms with Gasteiger partial charge in [-0.05, 0) is 23.6 Å². The molecule has 0 saturated carbocycles. The zero-order chi connectivity index (χ0) is 23.8. The highest BCUT2D eigenvalue weighted by molar-refractivity contribution is 7.15. The number of benzene rings is 2. The largest absolute Gasteiger partial charge is 0.468 e. The molecular weight excluding hydrogens is 456 g/mol. The fourth-order valence-corrected chi connectivity index (χ4v) is 4.97. The first-order valence-corrected chi connectivity index (χ1v) is 11.2. The molecule has 5 aromatic rings. The number of aromatic amines is 1. The zero-order valence-corrected chi connectivity index (χ0v) is 19.4. The Labute approximate surface area is 197 Å². The highest BCUT2D eigenvalue weighted by Crippen LogP contribution is 2.35. The number of hydrogen-bond acceptors (Lipinski definition) is 8. The molecule has 0 aliphatic carbocycles. The van der Waals surface area contributed by atoms with Gasteiger partial charge < -0.3 is 9.47 Å². The van der Waals surface area contributed by atoms with Crippen molar-refractivity contribution in [1.82, 2.24) is 19.7 Å². The topological polar surface area (TPSA) is 112 Å². The minimum Gasteiger partial charge on any atom is -0.468 e. The molecule has 0 bridgehead atoms. The maximum atomic E-state index is 12.4. The summed E-state index contributed by atoms with van der Waals surface area (Å²) in [6, 6.07) is 16.0. The van der Waals surface area contributed by atoms with Crippen molar-refractivity contribution in [3.05, 3.63) is 74.4 Å². The van der Waals surface area contributed by atoms with E-state index in [1.807, 2.05) is 60.0 Å². The summed E-state index contributed by atoms with van der Waals surface area (Å²) in [6.45, 7) is 2.38. The molecule has 5 rings (SSSR count). The van der Waals surface area contributed by atoms with Crippen LogP contribution >= 0.6 is 11.3 Å². The summed E-state index contributed by atoms with van der Waals surface area (Å²) in [5, 5.41) is 3.82. The van der Waals surface area contributed by atoms with Gasteiger partial charge >= 0.3 is 11.7 Å². The number of fused-ring (bicyclic) bond motifs is 1. The highest BCUT2D eigenvalue weighted by atomic mass is 32.1. The van der Waals surface area contributed by atoms with Crippen molar-refractivity contribution in [3.8, 4) is 28.5 Å². The summed E-state index contributed by atoms with van der Waals surface area (Å²) >= 11 is 1.36. The van der Waals surface area contributed by atoms with Crippen LogP contribution in [0, 0.1) is 6.92 Å². The van der Waals surface area contributed by atoms with Crippen LogP contribution in [0.25, 0.3) is 33.5 Å². The van der Waals surface area contributed by atoms with Crippen LogP contribution in [0.1, 0.15) is 20.1 Å². The highest BCUT2D eigenvalue weighted by Gasteiger charge is 2.24. The van der Waals surface area contributed by atoms with Crippen molar-refractivity contribution in [1.29, 1.82) is 0 Å². The maximum Gasteiger partial charge on any atom is 0.439 e. The second-order valence-corrected chi connectivity index (χ2v) is 8.77. The van der Waals surface area contributed by atoms with Crippen molar-refractivity contribution >= 4 is 28.3 Å². The van der Waals surface area contributed by atoms with Gasteiger partial charge in [0.05, 0.1) is 26.3 Å². The molecule has 3 aromatic heterocycles. The van der Waals surface area contributed by atoms with Gasteiger partial charge in [0.15, 0.2) is 5.82 Å². The quantitative estimate of drug-likeness (QED) is 0.364. The molecule has 0 radical (unpaired) electrons. The minimum atomic E-state index is -0.601. The molecule has 0 fully saturated rings. The average molecular weight is 477 g/mol. The third-order valence-corrected chi connectivity index (χ3v) is 6.58.